The second-order valence-electron chi connectivity index (χ2n) is 7.69. The molecule has 0 bridgehead atoms. The molecular weight excluding hydrogens is 278 g/mol. The Bertz CT molecular complexity index is 377. The van der Waals surface area contributed by atoms with Crippen LogP contribution in [-0.4, -0.2) is 43.0 Å². The molecule has 3 atom stereocenters. The zero-order valence-electron chi connectivity index (χ0n) is 14.9. The first-order chi connectivity index (χ1) is 10.2. The lowest BCUT2D eigenvalue weighted by Crippen LogP contribution is -3.14. The average molecular weight is 312 g/mol. The predicted molar refractivity (Wildman–Crippen MR) is 88.7 cm³/mol. The van der Waals surface area contributed by atoms with Crippen LogP contribution in [0.3, 0.4) is 0 Å². The van der Waals surface area contributed by atoms with Crippen LogP contribution < -0.4 is 15.5 Å². The lowest BCUT2D eigenvalue weighted by Gasteiger charge is -2.30. The van der Waals surface area contributed by atoms with Gasteiger partial charge in [0.25, 0.3) is 11.8 Å². The minimum Gasteiger partial charge on any atom is -0.348 e. The van der Waals surface area contributed by atoms with E-state index in [2.05, 4.69) is 17.6 Å². The molecule has 1 unspecified atom stereocenters. The van der Waals surface area contributed by atoms with E-state index < -0.39 is 0 Å². The van der Waals surface area contributed by atoms with Gasteiger partial charge < -0.3 is 15.5 Å². The largest absolute Gasteiger partial charge is 0.348 e. The number of nitrogens with one attached hydrogen (secondary N) is 3. The fourth-order valence-corrected chi connectivity index (χ4v) is 3.02. The molecule has 1 aliphatic carbocycles. The minimum atomic E-state index is -0.226. The van der Waals surface area contributed by atoms with Crippen molar-refractivity contribution in [3.05, 3.63) is 0 Å². The van der Waals surface area contributed by atoms with Crippen molar-refractivity contribution < 1.29 is 14.5 Å². The monoisotopic (exact) mass is 312 g/mol. The summed E-state index contributed by atoms with van der Waals surface area (Å²) < 4.78 is 0. The second-order valence-corrected chi connectivity index (χ2v) is 7.69. The first-order valence-electron chi connectivity index (χ1n) is 8.65. The quantitative estimate of drug-likeness (QED) is 0.669. The second kappa shape index (κ2) is 8.51. The number of quaternary nitrogens is 1. The average Bonchev–Trinajstić information content (AvgIpc) is 2.38. The summed E-state index contributed by atoms with van der Waals surface area (Å²) in [5, 5.41) is 6.12. The van der Waals surface area contributed by atoms with Crippen LogP contribution in [0.25, 0.3) is 0 Å². The van der Waals surface area contributed by atoms with Crippen molar-refractivity contribution >= 4 is 11.8 Å². The maximum Gasteiger partial charge on any atom is 0.275 e. The summed E-state index contributed by atoms with van der Waals surface area (Å²) in [6.07, 6.45) is 4.75. The van der Waals surface area contributed by atoms with Crippen molar-refractivity contribution in [1.82, 2.24) is 10.6 Å². The van der Waals surface area contributed by atoms with Crippen LogP contribution in [0.1, 0.15) is 60.3 Å². The Balaban J connectivity index is 2.41. The van der Waals surface area contributed by atoms with E-state index in [0.717, 1.165) is 17.9 Å². The number of carbonyl (C=O) groups is 2. The molecule has 0 saturated heterocycles. The zero-order chi connectivity index (χ0) is 16.8. The van der Waals surface area contributed by atoms with Gasteiger partial charge in [-0.15, -0.1) is 0 Å². The van der Waals surface area contributed by atoms with Gasteiger partial charge in [-0.1, -0.05) is 19.8 Å². The third-order valence-electron chi connectivity index (χ3n) is 4.29. The van der Waals surface area contributed by atoms with E-state index in [9.17, 15) is 9.59 Å². The number of hydrogen-bond donors (Lipinski definition) is 3. The van der Waals surface area contributed by atoms with E-state index in [0.29, 0.717) is 25.0 Å². The molecule has 2 amide bonds. The number of amides is 2. The molecule has 0 aromatic heterocycles. The summed E-state index contributed by atoms with van der Waals surface area (Å²) in [5.41, 5.74) is -0.226. The Morgan fingerprint density at radius 2 is 1.68 bits per heavy atom. The Labute approximate surface area is 135 Å². The molecule has 0 aromatic rings. The van der Waals surface area contributed by atoms with Gasteiger partial charge in [0.2, 0.25) is 0 Å². The van der Waals surface area contributed by atoms with Crippen molar-refractivity contribution in [2.75, 3.05) is 19.6 Å². The van der Waals surface area contributed by atoms with Gasteiger partial charge in [-0.3, -0.25) is 9.59 Å². The van der Waals surface area contributed by atoms with E-state index in [-0.39, 0.29) is 17.4 Å². The van der Waals surface area contributed by atoms with E-state index in [1.807, 2.05) is 27.7 Å². The molecule has 1 fully saturated rings. The maximum atomic E-state index is 12.2. The Hall–Kier alpha value is -1.10. The highest BCUT2D eigenvalue weighted by Crippen LogP contribution is 2.23. The molecule has 0 spiro atoms. The summed E-state index contributed by atoms with van der Waals surface area (Å²) in [6.45, 7) is 11.6. The van der Waals surface area contributed by atoms with Crippen LogP contribution in [0.2, 0.25) is 0 Å². The summed E-state index contributed by atoms with van der Waals surface area (Å²) in [5.74, 6) is 0.634. The van der Waals surface area contributed by atoms with Crippen LogP contribution in [0.5, 0.6) is 0 Å². The molecule has 22 heavy (non-hydrogen) atoms. The molecular formula is C17H34N3O2+. The van der Waals surface area contributed by atoms with Gasteiger partial charge in [0.1, 0.15) is 0 Å². The smallest absolute Gasteiger partial charge is 0.275 e. The molecule has 5 heteroatoms. The number of hydrogen-bond acceptors (Lipinski definition) is 2. The van der Waals surface area contributed by atoms with Crippen LogP contribution in [-0.2, 0) is 9.59 Å². The van der Waals surface area contributed by atoms with E-state index in [4.69, 9.17) is 0 Å². The predicted octanol–water partition coefficient (Wildman–Crippen LogP) is 0.501. The summed E-state index contributed by atoms with van der Waals surface area (Å²) >= 11 is 0. The maximum absolute atomic E-state index is 12.2. The molecule has 0 heterocycles. The Kier molecular flexibility index (Phi) is 7.33. The lowest BCUT2D eigenvalue weighted by atomic mass is 9.86. The molecule has 3 N–H and O–H groups in total. The number of likely N-dealkylation sites (N-methyl/N-ethyl adjacent to an activating group) is 1. The fourth-order valence-electron chi connectivity index (χ4n) is 3.02. The molecule has 0 aromatic carbocycles. The van der Waals surface area contributed by atoms with Crippen LogP contribution in [0.4, 0.5) is 0 Å². The third-order valence-corrected chi connectivity index (χ3v) is 4.29. The number of rotatable bonds is 6. The van der Waals surface area contributed by atoms with E-state index in [1.165, 1.54) is 19.3 Å². The lowest BCUT2D eigenvalue weighted by molar-refractivity contribution is -0.881. The van der Waals surface area contributed by atoms with Crippen LogP contribution in [0, 0.1) is 5.92 Å². The van der Waals surface area contributed by atoms with Gasteiger partial charge in [-0.25, -0.2) is 0 Å². The molecule has 0 radical (unpaired) electrons. The van der Waals surface area contributed by atoms with Gasteiger partial charge in [-0.05, 0) is 46.5 Å². The topological polar surface area (TPSA) is 62.6 Å². The highest BCUT2D eigenvalue weighted by Gasteiger charge is 2.25. The minimum absolute atomic E-state index is 0.00295. The fraction of sp³-hybridized carbons (Fsp3) is 0.882. The summed E-state index contributed by atoms with van der Waals surface area (Å²) in [4.78, 5) is 25.2. The number of carbonyl (C=O) groups excluding carboxylic acids is 2. The van der Waals surface area contributed by atoms with E-state index >= 15 is 0 Å². The van der Waals surface area contributed by atoms with Crippen molar-refractivity contribution in [3.63, 3.8) is 0 Å². The van der Waals surface area contributed by atoms with Gasteiger partial charge >= 0.3 is 0 Å². The highest BCUT2D eigenvalue weighted by molar-refractivity contribution is 5.79. The molecule has 1 rings (SSSR count). The summed E-state index contributed by atoms with van der Waals surface area (Å²) in [7, 11) is 0. The van der Waals surface area contributed by atoms with Crippen molar-refractivity contribution in [2.24, 2.45) is 5.92 Å². The standard InChI is InChI=1S/C17H33N3O2/c1-6-20(12-16(22)19-17(3,4)5)11-15(21)18-14-10-8-7-9-13(14)2/h13-14H,6-12H2,1-5H3,(H,18,21)(H,19,22)/p+1/t13-,14-/m0/s1. The van der Waals surface area contributed by atoms with Crippen LogP contribution in [0.15, 0.2) is 0 Å². The molecule has 5 nitrogen and oxygen atoms in total. The Morgan fingerprint density at radius 1 is 1.09 bits per heavy atom. The highest BCUT2D eigenvalue weighted by atomic mass is 16.2. The normalized spacial score (nSPS) is 23.7. The first kappa shape index (κ1) is 18.9. The van der Waals surface area contributed by atoms with Crippen LogP contribution >= 0.6 is 0 Å². The summed E-state index contributed by atoms with van der Waals surface area (Å²) in [6, 6.07) is 0.308. The Morgan fingerprint density at radius 3 is 2.23 bits per heavy atom. The first-order valence-corrected chi connectivity index (χ1v) is 8.65. The molecule has 1 aliphatic rings. The molecule has 0 aliphatic heterocycles. The van der Waals surface area contributed by atoms with Gasteiger partial charge in [-0.2, -0.15) is 0 Å². The van der Waals surface area contributed by atoms with Crippen molar-refractivity contribution in [2.45, 2.75) is 71.9 Å². The third kappa shape index (κ3) is 7.25. The molecule has 1 saturated carbocycles. The van der Waals surface area contributed by atoms with Crippen molar-refractivity contribution in [1.29, 1.82) is 0 Å². The van der Waals surface area contributed by atoms with Crippen molar-refractivity contribution in [3.8, 4) is 0 Å². The zero-order valence-corrected chi connectivity index (χ0v) is 14.9. The van der Waals surface area contributed by atoms with Gasteiger partial charge in [0, 0.05) is 11.6 Å². The molecule has 128 valence electrons. The van der Waals surface area contributed by atoms with E-state index in [1.54, 1.807) is 0 Å². The van der Waals surface area contributed by atoms with Gasteiger partial charge in [0.05, 0.1) is 6.54 Å². The van der Waals surface area contributed by atoms with Gasteiger partial charge in [0.15, 0.2) is 13.1 Å². The SMILES string of the molecule is CC[NH+](CC(=O)N[C@H]1CCCC[C@@H]1C)CC(=O)NC(C)(C)C.